The van der Waals surface area contributed by atoms with Crippen molar-refractivity contribution in [2.45, 2.75) is 19.8 Å². The number of esters is 2. The van der Waals surface area contributed by atoms with Crippen molar-refractivity contribution >= 4 is 22.9 Å². The summed E-state index contributed by atoms with van der Waals surface area (Å²) in [6.07, 6.45) is 0. The zero-order chi connectivity index (χ0) is 25.3. The molecule has 0 radical (unpaired) electrons. The number of dihydropyridines is 1. The molecule has 0 aliphatic carbocycles. The average Bonchev–Trinajstić information content (AvgIpc) is 2.87. The van der Waals surface area contributed by atoms with Crippen LogP contribution in [-0.2, 0) is 19.1 Å². The van der Waals surface area contributed by atoms with Crippen molar-refractivity contribution in [3.8, 4) is 17.1 Å². The van der Waals surface area contributed by atoms with Crippen LogP contribution < -0.4 is 15.5 Å². The van der Waals surface area contributed by atoms with E-state index in [1.165, 1.54) is 21.3 Å². The second-order valence-corrected chi connectivity index (χ2v) is 8.00. The van der Waals surface area contributed by atoms with Gasteiger partial charge in [0.2, 0.25) is 11.2 Å². The van der Waals surface area contributed by atoms with Crippen LogP contribution in [0, 0.1) is 0 Å². The van der Waals surface area contributed by atoms with Crippen LogP contribution in [0.25, 0.3) is 22.3 Å². The number of para-hydroxylation sites is 1. The minimum absolute atomic E-state index is 0.0611. The summed E-state index contributed by atoms with van der Waals surface area (Å²) in [4.78, 5) is 39.3. The molecule has 0 atom stereocenters. The first-order chi connectivity index (χ1) is 16.8. The topological polar surface area (TPSA) is 104 Å². The lowest BCUT2D eigenvalue weighted by atomic mass is 9.79. The number of benzene rings is 2. The molecule has 35 heavy (non-hydrogen) atoms. The van der Waals surface area contributed by atoms with E-state index in [4.69, 9.17) is 18.6 Å². The predicted octanol–water partition coefficient (Wildman–Crippen LogP) is 4.05. The molecule has 0 spiro atoms. The van der Waals surface area contributed by atoms with E-state index >= 15 is 0 Å². The Morgan fingerprint density at radius 1 is 0.857 bits per heavy atom. The summed E-state index contributed by atoms with van der Waals surface area (Å²) < 4.78 is 21.9. The van der Waals surface area contributed by atoms with Gasteiger partial charge in [0, 0.05) is 22.5 Å². The van der Waals surface area contributed by atoms with Crippen molar-refractivity contribution in [1.29, 1.82) is 0 Å². The van der Waals surface area contributed by atoms with Crippen LogP contribution in [0.5, 0.6) is 5.75 Å². The fourth-order valence-corrected chi connectivity index (χ4v) is 4.48. The quantitative estimate of drug-likeness (QED) is 0.551. The maximum atomic E-state index is 13.5. The molecular formula is C27H25NO7. The SMILES string of the molecule is COC(=O)C1=C(C)NC(C)=C(C(=O)OC)C1c1cccc2c(=O)c(OC)c(-c3ccccc3)oc12. The van der Waals surface area contributed by atoms with Crippen LogP contribution in [0.1, 0.15) is 25.3 Å². The van der Waals surface area contributed by atoms with Gasteiger partial charge in [0.05, 0.1) is 43.8 Å². The Balaban J connectivity index is 2.11. The maximum Gasteiger partial charge on any atom is 0.336 e. The third-order valence-electron chi connectivity index (χ3n) is 6.03. The summed E-state index contributed by atoms with van der Waals surface area (Å²) in [5.41, 5.74) is 2.41. The molecule has 3 aromatic rings. The molecule has 0 bridgehead atoms. The normalized spacial score (nSPS) is 14.1. The number of hydrogen-bond acceptors (Lipinski definition) is 8. The third kappa shape index (κ3) is 3.97. The lowest BCUT2D eigenvalue weighted by Gasteiger charge is -2.30. The Morgan fingerprint density at radius 3 is 2.00 bits per heavy atom. The predicted molar refractivity (Wildman–Crippen MR) is 130 cm³/mol. The van der Waals surface area contributed by atoms with E-state index in [2.05, 4.69) is 5.32 Å². The molecule has 0 amide bonds. The number of hydrogen-bond donors (Lipinski definition) is 1. The maximum absolute atomic E-state index is 13.5. The lowest BCUT2D eigenvalue weighted by Crippen LogP contribution is -2.32. The summed E-state index contributed by atoms with van der Waals surface area (Å²) in [6.45, 7) is 3.44. The minimum Gasteiger partial charge on any atom is -0.490 e. The Labute approximate surface area is 201 Å². The highest BCUT2D eigenvalue weighted by molar-refractivity contribution is 6.01. The van der Waals surface area contributed by atoms with E-state index in [0.717, 1.165) is 0 Å². The van der Waals surface area contributed by atoms with Gasteiger partial charge in [-0.05, 0) is 19.9 Å². The van der Waals surface area contributed by atoms with Crippen LogP contribution in [0.4, 0.5) is 0 Å². The number of carbonyl (C=O) groups excluding carboxylic acids is 2. The molecule has 2 heterocycles. The van der Waals surface area contributed by atoms with E-state index in [1.807, 2.05) is 18.2 Å². The van der Waals surface area contributed by atoms with Crippen molar-refractivity contribution in [1.82, 2.24) is 5.32 Å². The fourth-order valence-electron chi connectivity index (χ4n) is 4.48. The van der Waals surface area contributed by atoms with Gasteiger partial charge in [0.15, 0.2) is 5.76 Å². The van der Waals surface area contributed by atoms with Gasteiger partial charge in [-0.25, -0.2) is 9.59 Å². The second-order valence-electron chi connectivity index (χ2n) is 8.00. The van der Waals surface area contributed by atoms with Gasteiger partial charge in [-0.1, -0.05) is 42.5 Å². The van der Waals surface area contributed by atoms with Crippen molar-refractivity contribution in [2.24, 2.45) is 0 Å². The van der Waals surface area contributed by atoms with Crippen molar-refractivity contribution < 1.29 is 28.2 Å². The van der Waals surface area contributed by atoms with Crippen LogP contribution in [0.2, 0.25) is 0 Å². The summed E-state index contributed by atoms with van der Waals surface area (Å²) >= 11 is 0. The molecule has 0 unspecified atom stereocenters. The van der Waals surface area contributed by atoms with Crippen LogP contribution in [0.15, 0.2) is 80.3 Å². The molecule has 1 aliphatic rings. The zero-order valence-electron chi connectivity index (χ0n) is 20.1. The van der Waals surface area contributed by atoms with Gasteiger partial charge in [-0.2, -0.15) is 0 Å². The summed E-state index contributed by atoms with van der Waals surface area (Å²) in [7, 11) is 3.94. The van der Waals surface area contributed by atoms with Crippen molar-refractivity contribution in [2.75, 3.05) is 21.3 Å². The van der Waals surface area contributed by atoms with E-state index in [9.17, 15) is 14.4 Å². The molecule has 8 heteroatoms. The van der Waals surface area contributed by atoms with Gasteiger partial charge >= 0.3 is 11.9 Å². The Bertz CT molecular complexity index is 1410. The fraction of sp³-hybridized carbons (Fsp3) is 0.222. The first-order valence-corrected chi connectivity index (χ1v) is 10.9. The molecule has 1 aromatic heterocycles. The van der Waals surface area contributed by atoms with E-state index in [1.54, 1.807) is 44.2 Å². The number of ether oxygens (including phenoxy) is 3. The van der Waals surface area contributed by atoms with Gasteiger partial charge in [-0.3, -0.25) is 4.79 Å². The average molecular weight is 475 g/mol. The molecule has 1 aliphatic heterocycles. The molecule has 2 aromatic carbocycles. The first-order valence-electron chi connectivity index (χ1n) is 10.9. The standard InChI is InChI=1S/C27H25NO7/c1-14-19(26(30)33-4)21(20(15(2)28-14)27(31)34-5)17-12-9-13-18-22(29)25(32-3)23(35-24(17)18)16-10-7-6-8-11-16/h6-13,21,28H,1-5H3. The molecular weight excluding hydrogens is 450 g/mol. The Hall–Kier alpha value is -4.33. The molecule has 0 saturated carbocycles. The number of nitrogens with one attached hydrogen (secondary N) is 1. The first kappa shape index (κ1) is 23.8. The lowest BCUT2D eigenvalue weighted by molar-refractivity contribution is -0.137. The monoisotopic (exact) mass is 475 g/mol. The highest BCUT2D eigenvalue weighted by Crippen LogP contribution is 2.43. The van der Waals surface area contributed by atoms with Gasteiger partial charge in [0.1, 0.15) is 5.58 Å². The Morgan fingerprint density at radius 2 is 1.46 bits per heavy atom. The van der Waals surface area contributed by atoms with Gasteiger partial charge < -0.3 is 23.9 Å². The number of methoxy groups -OCH3 is 3. The molecule has 1 N–H and O–H groups in total. The number of carbonyl (C=O) groups is 2. The van der Waals surface area contributed by atoms with Crippen LogP contribution >= 0.6 is 0 Å². The molecule has 0 fully saturated rings. The molecule has 8 nitrogen and oxygen atoms in total. The summed E-state index contributed by atoms with van der Waals surface area (Å²) in [5.74, 6) is -1.84. The van der Waals surface area contributed by atoms with E-state index < -0.39 is 17.9 Å². The zero-order valence-corrected chi connectivity index (χ0v) is 20.1. The summed E-state index contributed by atoms with van der Waals surface area (Å²) in [5, 5.41) is 3.32. The molecule has 0 saturated heterocycles. The van der Waals surface area contributed by atoms with E-state index in [0.29, 0.717) is 22.5 Å². The number of allylic oxidation sites excluding steroid dienone is 2. The van der Waals surface area contributed by atoms with Crippen LogP contribution in [0.3, 0.4) is 0 Å². The third-order valence-corrected chi connectivity index (χ3v) is 6.03. The van der Waals surface area contributed by atoms with Gasteiger partial charge in [0.25, 0.3) is 0 Å². The van der Waals surface area contributed by atoms with Crippen molar-refractivity contribution in [3.05, 3.63) is 86.9 Å². The smallest absolute Gasteiger partial charge is 0.336 e. The second kappa shape index (κ2) is 9.50. The van der Waals surface area contributed by atoms with Gasteiger partial charge in [-0.15, -0.1) is 0 Å². The minimum atomic E-state index is -0.903. The van der Waals surface area contributed by atoms with E-state index in [-0.39, 0.29) is 39.1 Å². The largest absolute Gasteiger partial charge is 0.490 e. The van der Waals surface area contributed by atoms with Crippen LogP contribution in [-0.4, -0.2) is 33.3 Å². The molecule has 180 valence electrons. The molecule has 4 rings (SSSR count). The number of rotatable bonds is 5. The van der Waals surface area contributed by atoms with Crippen molar-refractivity contribution in [3.63, 3.8) is 0 Å². The number of fused-ring (bicyclic) bond motifs is 1. The summed E-state index contributed by atoms with van der Waals surface area (Å²) in [6, 6.07) is 14.1. The highest BCUT2D eigenvalue weighted by atomic mass is 16.5. The highest BCUT2D eigenvalue weighted by Gasteiger charge is 2.39. The Kier molecular flexibility index (Phi) is 6.46.